The number of aliphatic imine (C=N–C) groups is 1. The number of ether oxygens (including phenoxy) is 1. The number of rotatable bonds is 11. The highest BCUT2D eigenvalue weighted by molar-refractivity contribution is 7.40. The summed E-state index contributed by atoms with van der Waals surface area (Å²) in [6.07, 6.45) is -3.42. The first-order valence-corrected chi connectivity index (χ1v) is 13.1. The number of hydrogen-bond donors (Lipinski definition) is 2. The second-order valence-corrected chi connectivity index (χ2v) is 11.4. The predicted molar refractivity (Wildman–Crippen MR) is 154 cm³/mol. The number of carbonyl (C=O) groups excluding carboxylic acids is 1. The normalized spacial score (nSPS) is 13.1. The van der Waals surface area contributed by atoms with Gasteiger partial charge in [0, 0.05) is 29.7 Å². The Balaban J connectivity index is 1.85. The molecule has 0 fully saturated rings. The lowest BCUT2D eigenvalue weighted by Gasteiger charge is -2.19. The molecule has 0 saturated heterocycles. The fraction of sp³-hybridized carbons (Fsp3) is 0.192. The van der Waals surface area contributed by atoms with Crippen LogP contribution in [0.25, 0.3) is 11.3 Å². The molecule has 0 radical (unpaired) electrons. The number of hydrogen-bond acceptors (Lipinski definition) is 7. The number of aliphatic hydroxyl groups excluding tert-OH is 1. The number of aromatic nitrogens is 2. The highest BCUT2D eigenvalue weighted by Gasteiger charge is 2.28. The summed E-state index contributed by atoms with van der Waals surface area (Å²) in [6.45, 7) is -0.0199. The predicted octanol–water partition coefficient (Wildman–Crippen LogP) is 4.58. The van der Waals surface area contributed by atoms with Crippen molar-refractivity contribution in [2.45, 2.75) is 24.2 Å². The van der Waals surface area contributed by atoms with Crippen LogP contribution in [-0.2, 0) is 11.3 Å². The molecule has 9 nitrogen and oxygen atoms in total. The summed E-state index contributed by atoms with van der Waals surface area (Å²) < 4.78 is 46.0. The smallest absolute Gasteiger partial charge is 0.269 e. The third-order valence-corrected chi connectivity index (χ3v) is 6.17. The maximum atomic E-state index is 15.0. The van der Waals surface area contributed by atoms with E-state index in [4.69, 9.17) is 21.6 Å². The van der Waals surface area contributed by atoms with Crippen LogP contribution in [0.3, 0.4) is 0 Å². The molecule has 0 amide bonds. The van der Waals surface area contributed by atoms with Gasteiger partial charge in [-0.1, -0.05) is 54.3 Å². The van der Waals surface area contributed by atoms with Crippen molar-refractivity contribution in [1.29, 1.82) is 5.26 Å². The van der Waals surface area contributed by atoms with Crippen molar-refractivity contribution in [1.82, 2.24) is 15.1 Å². The summed E-state index contributed by atoms with van der Waals surface area (Å²) in [5.74, 6) is -0.471. The SMILES string of the molecule is CN(/C=N\C(=C(/C=O)Oc1cc(Cl)cc(C#N)c1)C(F)(P)P)Cc1cc(-c2ccc(C(O)C(F)F)cc2)n[nH]c1=O. The van der Waals surface area contributed by atoms with Gasteiger partial charge in [0.15, 0.2) is 17.2 Å². The lowest BCUT2D eigenvalue weighted by molar-refractivity contribution is -0.106. The van der Waals surface area contributed by atoms with Gasteiger partial charge in [0.25, 0.3) is 12.0 Å². The molecule has 0 saturated carbocycles. The Morgan fingerprint density at radius 1 is 1.29 bits per heavy atom. The first-order valence-electron chi connectivity index (χ1n) is 11.6. The summed E-state index contributed by atoms with van der Waals surface area (Å²) in [5.41, 5.74) is 0.311. The molecule has 0 aliphatic heterocycles. The van der Waals surface area contributed by atoms with E-state index >= 15 is 4.39 Å². The number of H-pyrrole nitrogens is 1. The van der Waals surface area contributed by atoms with Crippen molar-refractivity contribution in [3.05, 3.63) is 92.1 Å². The van der Waals surface area contributed by atoms with Gasteiger partial charge < -0.3 is 14.7 Å². The van der Waals surface area contributed by atoms with Crippen molar-refractivity contribution in [2.24, 2.45) is 4.99 Å². The molecular weight excluding hydrogens is 601 g/mol. The van der Waals surface area contributed by atoms with Gasteiger partial charge in [-0.05, 0) is 29.8 Å². The van der Waals surface area contributed by atoms with E-state index < -0.39 is 34.7 Å². The van der Waals surface area contributed by atoms with E-state index in [1.807, 2.05) is 24.5 Å². The molecule has 3 aromatic rings. The van der Waals surface area contributed by atoms with Gasteiger partial charge in [-0.2, -0.15) is 10.4 Å². The van der Waals surface area contributed by atoms with Crippen molar-refractivity contribution < 1.29 is 27.8 Å². The van der Waals surface area contributed by atoms with Crippen molar-refractivity contribution in [3.63, 3.8) is 0 Å². The van der Waals surface area contributed by atoms with E-state index in [1.165, 1.54) is 59.8 Å². The Morgan fingerprint density at radius 2 is 1.98 bits per heavy atom. The molecule has 3 atom stereocenters. The van der Waals surface area contributed by atoms with Crippen LogP contribution in [-0.4, -0.2) is 51.5 Å². The monoisotopic (exact) mass is 623 g/mol. The average Bonchev–Trinajstić information content (AvgIpc) is 2.92. The number of nitrogens with one attached hydrogen (secondary N) is 1. The number of benzene rings is 2. The van der Waals surface area contributed by atoms with Gasteiger partial charge in [0.05, 0.1) is 23.7 Å². The zero-order valence-corrected chi connectivity index (χ0v) is 24.3. The minimum absolute atomic E-state index is 0.0176. The summed E-state index contributed by atoms with van der Waals surface area (Å²) >= 11 is 5.97. The third-order valence-electron chi connectivity index (χ3n) is 5.40. The first kappa shape index (κ1) is 31.9. The van der Waals surface area contributed by atoms with E-state index in [-0.39, 0.29) is 40.3 Å². The number of carbonyl (C=O) groups is 1. The molecule has 1 aromatic heterocycles. The van der Waals surface area contributed by atoms with Crippen LogP contribution in [0.1, 0.15) is 22.8 Å². The van der Waals surface area contributed by atoms with Gasteiger partial charge in [-0.3, -0.25) is 9.59 Å². The standard InChI is InChI=1S/C26H23ClF3N5O4P2/c1-35(11-17-8-20(33-34-25(17)38)15-2-4-16(5-3-15)22(37)24(28)29)13-32-23(26(30,40)41)21(12-36)39-19-7-14(10-31)6-18(27)9-19/h2-9,12-13,22,24,37H,11,40-41H2,1H3,(H,34,38)/b23-21+,32-13-. The highest BCUT2D eigenvalue weighted by Crippen LogP contribution is 2.39. The van der Waals surface area contributed by atoms with Crippen molar-refractivity contribution in [3.8, 4) is 23.1 Å². The van der Waals surface area contributed by atoms with Crippen LogP contribution in [0.5, 0.6) is 5.75 Å². The van der Waals surface area contributed by atoms with Crippen molar-refractivity contribution >= 4 is 42.7 Å². The average molecular weight is 624 g/mol. The number of aldehydes is 1. The van der Waals surface area contributed by atoms with Crippen molar-refractivity contribution in [2.75, 3.05) is 7.05 Å². The maximum absolute atomic E-state index is 15.0. The molecule has 15 heteroatoms. The Labute approximate surface area is 242 Å². The third kappa shape index (κ3) is 8.69. The Morgan fingerprint density at radius 3 is 2.56 bits per heavy atom. The van der Waals surface area contributed by atoms with E-state index in [0.717, 1.165) is 0 Å². The van der Waals surface area contributed by atoms with Gasteiger partial charge >= 0.3 is 0 Å². The van der Waals surface area contributed by atoms with Gasteiger partial charge in [-0.25, -0.2) is 23.3 Å². The zero-order chi connectivity index (χ0) is 30.3. The lowest BCUT2D eigenvalue weighted by atomic mass is 10.0. The summed E-state index contributed by atoms with van der Waals surface area (Å²) in [7, 11) is 5.30. The lowest BCUT2D eigenvalue weighted by Crippen LogP contribution is -2.24. The van der Waals surface area contributed by atoms with Crippen LogP contribution in [0.2, 0.25) is 5.02 Å². The number of nitrogens with zero attached hydrogens (tertiary/aromatic N) is 4. The van der Waals surface area contributed by atoms with Gasteiger partial charge in [0.1, 0.15) is 17.6 Å². The highest BCUT2D eigenvalue weighted by atomic mass is 35.5. The molecular formula is C26H23ClF3N5O4P2. The zero-order valence-electron chi connectivity index (χ0n) is 21.3. The molecule has 0 bridgehead atoms. The van der Waals surface area contributed by atoms with Crippen LogP contribution < -0.4 is 10.3 Å². The van der Waals surface area contributed by atoms with Crippen LogP contribution in [0, 0.1) is 11.3 Å². The largest absolute Gasteiger partial charge is 0.452 e. The summed E-state index contributed by atoms with van der Waals surface area (Å²) in [5, 5.41) is 22.9. The van der Waals surface area contributed by atoms with Gasteiger partial charge in [-0.15, -0.1) is 0 Å². The number of allylic oxidation sites excluding steroid dienone is 2. The first-order chi connectivity index (χ1) is 19.3. The van der Waals surface area contributed by atoms with E-state index in [0.29, 0.717) is 11.3 Å². The Bertz CT molecular complexity index is 1570. The number of nitriles is 1. The second kappa shape index (κ2) is 13.8. The topological polar surface area (TPSA) is 132 Å². The molecule has 214 valence electrons. The number of aliphatic hydroxyl groups is 1. The molecule has 0 aliphatic carbocycles. The number of aromatic amines is 1. The molecule has 2 aromatic carbocycles. The fourth-order valence-electron chi connectivity index (χ4n) is 3.47. The van der Waals surface area contributed by atoms with E-state index in [1.54, 1.807) is 7.05 Å². The molecule has 2 N–H and O–H groups in total. The molecule has 41 heavy (non-hydrogen) atoms. The number of alkyl halides is 3. The quantitative estimate of drug-likeness (QED) is 0.0798. The Kier molecular flexibility index (Phi) is 10.8. The van der Waals surface area contributed by atoms with E-state index in [9.17, 15) is 23.5 Å². The number of halogens is 4. The molecule has 1 heterocycles. The minimum Gasteiger partial charge on any atom is -0.452 e. The molecule has 0 aliphatic rings. The molecule has 0 spiro atoms. The Hall–Kier alpha value is -3.61. The second-order valence-electron chi connectivity index (χ2n) is 8.66. The van der Waals surface area contributed by atoms with Crippen LogP contribution in [0.15, 0.2) is 69.8 Å². The molecule has 3 rings (SSSR count). The summed E-state index contributed by atoms with van der Waals surface area (Å²) in [4.78, 5) is 29.7. The van der Waals surface area contributed by atoms with Crippen LogP contribution >= 0.6 is 30.1 Å². The molecule has 3 unspecified atom stereocenters. The minimum atomic E-state index is -2.94. The summed E-state index contributed by atoms with van der Waals surface area (Å²) in [6, 6.07) is 13.0. The van der Waals surface area contributed by atoms with E-state index in [2.05, 4.69) is 15.2 Å². The fourth-order valence-corrected chi connectivity index (χ4v) is 4.12. The van der Waals surface area contributed by atoms with Crippen LogP contribution in [0.4, 0.5) is 13.2 Å². The van der Waals surface area contributed by atoms with Gasteiger partial charge in [0.2, 0.25) is 0 Å². The maximum Gasteiger partial charge on any atom is 0.269 e.